The lowest BCUT2D eigenvalue weighted by Gasteiger charge is -2.10. The summed E-state index contributed by atoms with van der Waals surface area (Å²) in [5.41, 5.74) is 3.18. The number of methoxy groups -OCH3 is 2. The minimum absolute atomic E-state index is 0.859. The van der Waals surface area contributed by atoms with E-state index < -0.39 is 0 Å². The highest BCUT2D eigenvalue weighted by Crippen LogP contribution is 2.35. The van der Waals surface area contributed by atoms with Crippen LogP contribution >= 0.6 is 0 Å². The zero-order valence-corrected chi connectivity index (χ0v) is 9.47. The zero-order valence-electron chi connectivity index (χ0n) is 9.47. The number of hydrogen-bond donors (Lipinski definition) is 1. The summed E-state index contributed by atoms with van der Waals surface area (Å²) in [6.45, 7) is 4.02. The fraction of sp³-hybridized carbons (Fsp3) is 0.333. The first-order valence-corrected chi connectivity index (χ1v) is 4.88. The van der Waals surface area contributed by atoms with Crippen molar-refractivity contribution in [2.45, 2.75) is 13.8 Å². The van der Waals surface area contributed by atoms with Crippen molar-refractivity contribution in [1.29, 1.82) is 0 Å². The summed E-state index contributed by atoms with van der Waals surface area (Å²) < 4.78 is 10.7. The molecule has 0 unspecified atom stereocenters. The van der Waals surface area contributed by atoms with E-state index in [0.29, 0.717) is 0 Å². The average Bonchev–Trinajstić information content (AvgIpc) is 2.57. The van der Waals surface area contributed by atoms with Gasteiger partial charge in [-0.05, 0) is 26.0 Å². The standard InChI is InChI=1S/C12H15NO2/c1-7-5-9-6-10(14-3)8(2)12(15-4)11(9)13-7/h5-6,13H,1-4H3. The Morgan fingerprint density at radius 1 is 1.07 bits per heavy atom. The van der Waals surface area contributed by atoms with E-state index in [2.05, 4.69) is 11.1 Å². The van der Waals surface area contributed by atoms with Gasteiger partial charge in [0.05, 0.1) is 19.7 Å². The summed E-state index contributed by atoms with van der Waals surface area (Å²) in [5.74, 6) is 1.72. The molecule has 80 valence electrons. The highest BCUT2D eigenvalue weighted by atomic mass is 16.5. The highest BCUT2D eigenvalue weighted by molar-refractivity contribution is 5.89. The van der Waals surface area contributed by atoms with Gasteiger partial charge < -0.3 is 14.5 Å². The molecule has 0 amide bonds. The summed E-state index contributed by atoms with van der Waals surface area (Å²) >= 11 is 0. The number of fused-ring (bicyclic) bond motifs is 1. The molecular weight excluding hydrogens is 190 g/mol. The molecule has 1 N–H and O–H groups in total. The first kappa shape index (κ1) is 9.90. The number of H-pyrrole nitrogens is 1. The number of rotatable bonds is 2. The van der Waals surface area contributed by atoms with E-state index in [-0.39, 0.29) is 0 Å². The molecule has 1 aromatic carbocycles. The molecule has 3 heteroatoms. The number of ether oxygens (including phenoxy) is 2. The molecule has 0 aliphatic rings. The van der Waals surface area contributed by atoms with Gasteiger partial charge in [-0.2, -0.15) is 0 Å². The van der Waals surface area contributed by atoms with Crippen LogP contribution in [0.15, 0.2) is 12.1 Å². The van der Waals surface area contributed by atoms with Gasteiger partial charge in [-0.3, -0.25) is 0 Å². The molecule has 1 heterocycles. The van der Waals surface area contributed by atoms with Gasteiger partial charge >= 0.3 is 0 Å². The first-order chi connectivity index (χ1) is 7.17. The lowest BCUT2D eigenvalue weighted by Crippen LogP contribution is -1.93. The third-order valence-corrected chi connectivity index (χ3v) is 2.63. The molecule has 3 nitrogen and oxygen atoms in total. The summed E-state index contributed by atoms with van der Waals surface area (Å²) in [5, 5.41) is 1.12. The zero-order chi connectivity index (χ0) is 11.0. The Hall–Kier alpha value is -1.64. The van der Waals surface area contributed by atoms with E-state index in [1.807, 2.05) is 19.9 Å². The van der Waals surface area contributed by atoms with Crippen LogP contribution in [0.25, 0.3) is 10.9 Å². The van der Waals surface area contributed by atoms with Crippen LogP contribution in [-0.4, -0.2) is 19.2 Å². The molecule has 0 aliphatic carbocycles. The highest BCUT2D eigenvalue weighted by Gasteiger charge is 2.12. The Kier molecular flexibility index (Phi) is 2.31. The maximum absolute atomic E-state index is 5.40. The van der Waals surface area contributed by atoms with Crippen molar-refractivity contribution in [2.75, 3.05) is 14.2 Å². The molecule has 0 atom stereocenters. The van der Waals surface area contributed by atoms with Crippen molar-refractivity contribution in [1.82, 2.24) is 4.98 Å². The minimum Gasteiger partial charge on any atom is -0.496 e. The van der Waals surface area contributed by atoms with Crippen molar-refractivity contribution >= 4 is 10.9 Å². The van der Waals surface area contributed by atoms with Gasteiger partial charge in [0.25, 0.3) is 0 Å². The average molecular weight is 205 g/mol. The smallest absolute Gasteiger partial charge is 0.149 e. The molecule has 2 rings (SSSR count). The summed E-state index contributed by atoms with van der Waals surface area (Å²) in [4.78, 5) is 3.29. The number of aromatic amines is 1. The second-order valence-corrected chi connectivity index (χ2v) is 3.65. The summed E-state index contributed by atoms with van der Waals surface area (Å²) in [7, 11) is 3.35. The van der Waals surface area contributed by atoms with Gasteiger partial charge in [0.1, 0.15) is 11.5 Å². The van der Waals surface area contributed by atoms with Gasteiger partial charge in [-0.25, -0.2) is 0 Å². The Morgan fingerprint density at radius 3 is 2.40 bits per heavy atom. The Labute approximate surface area is 89.0 Å². The molecule has 0 aliphatic heterocycles. The molecule has 1 aromatic heterocycles. The molecular formula is C12H15NO2. The Bertz CT molecular complexity index is 500. The van der Waals surface area contributed by atoms with Crippen LogP contribution in [0.2, 0.25) is 0 Å². The predicted octanol–water partition coefficient (Wildman–Crippen LogP) is 2.80. The monoisotopic (exact) mass is 205 g/mol. The molecule has 0 radical (unpaired) electrons. The molecule has 0 fully saturated rings. The van der Waals surface area contributed by atoms with Gasteiger partial charge in [-0.15, -0.1) is 0 Å². The van der Waals surface area contributed by atoms with Crippen molar-refractivity contribution in [3.63, 3.8) is 0 Å². The van der Waals surface area contributed by atoms with Crippen LogP contribution in [0.4, 0.5) is 0 Å². The largest absolute Gasteiger partial charge is 0.496 e. The molecule has 0 bridgehead atoms. The van der Waals surface area contributed by atoms with Crippen molar-refractivity contribution in [2.24, 2.45) is 0 Å². The third kappa shape index (κ3) is 1.44. The molecule has 0 saturated heterocycles. The molecule has 0 saturated carbocycles. The molecule has 0 spiro atoms. The van der Waals surface area contributed by atoms with E-state index in [1.165, 1.54) is 0 Å². The van der Waals surface area contributed by atoms with Crippen LogP contribution in [0, 0.1) is 13.8 Å². The SMILES string of the molecule is COc1cc2cc(C)[nH]c2c(OC)c1C. The summed E-state index contributed by atoms with van der Waals surface area (Å²) in [6.07, 6.45) is 0. The van der Waals surface area contributed by atoms with E-state index in [4.69, 9.17) is 9.47 Å². The molecule has 15 heavy (non-hydrogen) atoms. The second-order valence-electron chi connectivity index (χ2n) is 3.65. The van der Waals surface area contributed by atoms with Crippen molar-refractivity contribution < 1.29 is 9.47 Å². The third-order valence-electron chi connectivity index (χ3n) is 2.63. The maximum atomic E-state index is 5.40. The van der Waals surface area contributed by atoms with Crippen LogP contribution in [0.3, 0.4) is 0 Å². The lowest BCUT2D eigenvalue weighted by molar-refractivity contribution is 0.392. The predicted molar refractivity (Wildman–Crippen MR) is 60.9 cm³/mol. The van der Waals surface area contributed by atoms with Gasteiger partial charge in [0.15, 0.2) is 0 Å². The second kappa shape index (κ2) is 3.50. The number of benzene rings is 1. The minimum atomic E-state index is 0.859. The van der Waals surface area contributed by atoms with E-state index >= 15 is 0 Å². The van der Waals surface area contributed by atoms with Crippen LogP contribution in [-0.2, 0) is 0 Å². The topological polar surface area (TPSA) is 34.2 Å². The quantitative estimate of drug-likeness (QED) is 0.818. The number of aryl methyl sites for hydroxylation is 1. The van der Waals surface area contributed by atoms with Gasteiger partial charge in [0, 0.05) is 16.6 Å². The molecule has 2 aromatic rings. The normalized spacial score (nSPS) is 10.7. The fourth-order valence-corrected chi connectivity index (χ4v) is 1.93. The van der Waals surface area contributed by atoms with Crippen LogP contribution in [0.1, 0.15) is 11.3 Å². The lowest BCUT2D eigenvalue weighted by atomic mass is 10.1. The van der Waals surface area contributed by atoms with E-state index in [1.54, 1.807) is 14.2 Å². The van der Waals surface area contributed by atoms with E-state index in [0.717, 1.165) is 33.7 Å². The van der Waals surface area contributed by atoms with Gasteiger partial charge in [-0.1, -0.05) is 0 Å². The number of hydrogen-bond acceptors (Lipinski definition) is 2. The first-order valence-electron chi connectivity index (χ1n) is 4.88. The van der Waals surface area contributed by atoms with Crippen molar-refractivity contribution in [3.05, 3.63) is 23.4 Å². The van der Waals surface area contributed by atoms with E-state index in [9.17, 15) is 0 Å². The Balaban J connectivity index is 2.82. The summed E-state index contributed by atoms with van der Waals surface area (Å²) in [6, 6.07) is 4.11. The Morgan fingerprint density at radius 2 is 1.80 bits per heavy atom. The fourth-order valence-electron chi connectivity index (χ4n) is 1.93. The van der Waals surface area contributed by atoms with Crippen LogP contribution in [0.5, 0.6) is 11.5 Å². The maximum Gasteiger partial charge on any atom is 0.149 e. The van der Waals surface area contributed by atoms with Gasteiger partial charge in [0.2, 0.25) is 0 Å². The van der Waals surface area contributed by atoms with Crippen molar-refractivity contribution in [3.8, 4) is 11.5 Å². The van der Waals surface area contributed by atoms with Crippen LogP contribution < -0.4 is 9.47 Å². The number of aromatic nitrogens is 1. The number of nitrogens with one attached hydrogen (secondary N) is 1.